The first-order valence-electron chi connectivity index (χ1n) is 7.48. The van der Waals surface area contributed by atoms with Crippen LogP contribution in [0.3, 0.4) is 0 Å². The number of hydrogen-bond acceptors (Lipinski definition) is 4. The van der Waals surface area contributed by atoms with Crippen LogP contribution in [-0.4, -0.2) is 26.7 Å². The van der Waals surface area contributed by atoms with E-state index in [1.165, 1.54) is 0 Å². The van der Waals surface area contributed by atoms with E-state index >= 15 is 0 Å². The van der Waals surface area contributed by atoms with Gasteiger partial charge in [-0.1, -0.05) is 36.4 Å². The number of fused-ring (bicyclic) bond motifs is 1. The maximum Gasteiger partial charge on any atom is 0.215 e. The zero-order valence-corrected chi connectivity index (χ0v) is 13.4. The van der Waals surface area contributed by atoms with E-state index < -0.39 is 16.1 Å². The second kappa shape index (κ2) is 6.70. The number of rotatable bonds is 6. The molecule has 2 N–H and O–H groups in total. The molecule has 3 rings (SSSR count). The highest BCUT2D eigenvalue weighted by Gasteiger charge is 2.18. The molecule has 1 unspecified atom stereocenters. The Labute approximate surface area is 136 Å². The predicted molar refractivity (Wildman–Crippen MR) is 87.7 cm³/mol. The molecule has 1 aliphatic rings. The Morgan fingerprint density at radius 1 is 1.17 bits per heavy atom. The fraction of sp³-hybridized carbons (Fsp3) is 0.294. The van der Waals surface area contributed by atoms with Crippen molar-refractivity contribution in [2.45, 2.75) is 18.3 Å². The van der Waals surface area contributed by atoms with Crippen molar-refractivity contribution in [3.8, 4) is 5.75 Å². The number of nitrogens with one attached hydrogen (secondary N) is 1. The topological polar surface area (TPSA) is 75.6 Å². The lowest BCUT2D eigenvalue weighted by Crippen LogP contribution is -2.29. The molecule has 6 heteroatoms. The number of ether oxygens (including phenoxy) is 1. The molecule has 5 nitrogen and oxygen atoms in total. The van der Waals surface area contributed by atoms with Crippen molar-refractivity contribution in [3.05, 3.63) is 65.2 Å². The van der Waals surface area contributed by atoms with Gasteiger partial charge in [-0.3, -0.25) is 0 Å². The quantitative estimate of drug-likeness (QED) is 0.845. The molecule has 0 saturated carbocycles. The molecule has 1 atom stereocenters. The summed E-state index contributed by atoms with van der Waals surface area (Å²) in [6, 6.07) is 14.4. The van der Waals surface area contributed by atoms with Crippen LogP contribution in [0.2, 0.25) is 0 Å². The molecule has 0 aliphatic carbocycles. The van der Waals surface area contributed by atoms with Gasteiger partial charge in [0.05, 0.1) is 18.5 Å². The molecule has 0 bridgehead atoms. The zero-order chi connectivity index (χ0) is 16.3. The van der Waals surface area contributed by atoms with Crippen molar-refractivity contribution >= 4 is 10.0 Å². The standard InChI is InChI=1S/C17H19NO4S/c19-16(14-6-7-17-15(10-14)8-9-22-17)11-18-23(20,21)12-13-4-2-1-3-5-13/h1-7,10,16,18-19H,8-9,11-12H2. The second-order valence-electron chi connectivity index (χ2n) is 5.57. The number of sulfonamides is 1. The Kier molecular flexibility index (Phi) is 4.66. The molecule has 122 valence electrons. The summed E-state index contributed by atoms with van der Waals surface area (Å²) in [7, 11) is -3.48. The van der Waals surface area contributed by atoms with Crippen molar-refractivity contribution in [2.24, 2.45) is 0 Å². The smallest absolute Gasteiger partial charge is 0.215 e. The lowest BCUT2D eigenvalue weighted by atomic mass is 10.0. The molecular weight excluding hydrogens is 314 g/mol. The fourth-order valence-electron chi connectivity index (χ4n) is 2.58. The van der Waals surface area contributed by atoms with Gasteiger partial charge in [0, 0.05) is 13.0 Å². The van der Waals surface area contributed by atoms with Crippen LogP contribution in [0.1, 0.15) is 22.8 Å². The number of aliphatic hydroxyl groups is 1. The molecule has 0 fully saturated rings. The average molecular weight is 333 g/mol. The Balaban J connectivity index is 1.61. The van der Waals surface area contributed by atoms with Crippen LogP contribution >= 0.6 is 0 Å². The van der Waals surface area contributed by atoms with E-state index in [-0.39, 0.29) is 12.3 Å². The summed E-state index contributed by atoms with van der Waals surface area (Å²) < 4.78 is 32.0. The van der Waals surface area contributed by atoms with E-state index in [1.54, 1.807) is 30.3 Å². The van der Waals surface area contributed by atoms with E-state index in [0.29, 0.717) is 17.7 Å². The Morgan fingerprint density at radius 3 is 2.74 bits per heavy atom. The maximum absolute atomic E-state index is 12.1. The van der Waals surface area contributed by atoms with Gasteiger partial charge in [0.25, 0.3) is 0 Å². The maximum atomic E-state index is 12.1. The minimum Gasteiger partial charge on any atom is -0.493 e. The summed E-state index contributed by atoms with van der Waals surface area (Å²) in [5.41, 5.74) is 2.45. The van der Waals surface area contributed by atoms with Gasteiger partial charge in [-0.2, -0.15) is 0 Å². The highest BCUT2D eigenvalue weighted by molar-refractivity contribution is 7.88. The van der Waals surface area contributed by atoms with Crippen LogP contribution in [0.15, 0.2) is 48.5 Å². The first kappa shape index (κ1) is 16.0. The molecule has 0 radical (unpaired) electrons. The van der Waals surface area contributed by atoms with E-state index in [0.717, 1.165) is 17.7 Å². The molecule has 23 heavy (non-hydrogen) atoms. The normalized spacial score (nSPS) is 15.0. The molecule has 0 spiro atoms. The van der Waals surface area contributed by atoms with Crippen molar-refractivity contribution in [3.63, 3.8) is 0 Å². The van der Waals surface area contributed by atoms with Gasteiger partial charge in [0.2, 0.25) is 10.0 Å². The van der Waals surface area contributed by atoms with Crippen LogP contribution in [0.5, 0.6) is 5.75 Å². The Morgan fingerprint density at radius 2 is 1.96 bits per heavy atom. The number of hydrogen-bond donors (Lipinski definition) is 2. The number of benzene rings is 2. The first-order valence-corrected chi connectivity index (χ1v) is 9.14. The summed E-state index contributed by atoms with van der Waals surface area (Å²) in [4.78, 5) is 0. The highest BCUT2D eigenvalue weighted by Crippen LogP contribution is 2.28. The van der Waals surface area contributed by atoms with Gasteiger partial charge in [-0.15, -0.1) is 0 Å². The summed E-state index contributed by atoms with van der Waals surface area (Å²) >= 11 is 0. The van der Waals surface area contributed by atoms with Gasteiger partial charge in [0.1, 0.15) is 5.75 Å². The van der Waals surface area contributed by atoms with E-state index in [1.807, 2.05) is 18.2 Å². The molecule has 1 heterocycles. The van der Waals surface area contributed by atoms with Gasteiger partial charge < -0.3 is 9.84 Å². The molecule has 2 aromatic carbocycles. The molecule has 0 amide bonds. The highest BCUT2D eigenvalue weighted by atomic mass is 32.2. The van der Waals surface area contributed by atoms with Crippen molar-refractivity contribution in [1.29, 1.82) is 0 Å². The molecule has 2 aromatic rings. The minimum absolute atomic E-state index is 0.0468. The third-order valence-corrected chi connectivity index (χ3v) is 5.11. The molecule has 1 aliphatic heterocycles. The Bertz CT molecular complexity index is 774. The Hall–Kier alpha value is -1.89. The second-order valence-corrected chi connectivity index (χ2v) is 7.38. The SMILES string of the molecule is O=S(=O)(Cc1ccccc1)NCC(O)c1ccc2c(c1)CCO2. The lowest BCUT2D eigenvalue weighted by Gasteiger charge is -2.13. The van der Waals surface area contributed by atoms with Crippen molar-refractivity contribution in [1.82, 2.24) is 4.72 Å². The van der Waals surface area contributed by atoms with Gasteiger partial charge in [-0.05, 0) is 28.8 Å². The van der Waals surface area contributed by atoms with E-state index in [4.69, 9.17) is 4.74 Å². The average Bonchev–Trinajstić information content (AvgIpc) is 3.01. The van der Waals surface area contributed by atoms with Crippen LogP contribution in [-0.2, 0) is 22.2 Å². The van der Waals surface area contributed by atoms with Gasteiger partial charge >= 0.3 is 0 Å². The monoisotopic (exact) mass is 333 g/mol. The van der Waals surface area contributed by atoms with Crippen LogP contribution in [0.4, 0.5) is 0 Å². The van der Waals surface area contributed by atoms with Crippen molar-refractivity contribution in [2.75, 3.05) is 13.2 Å². The molecule has 0 aromatic heterocycles. The zero-order valence-electron chi connectivity index (χ0n) is 12.6. The predicted octanol–water partition coefficient (Wildman–Crippen LogP) is 1.77. The number of aliphatic hydroxyl groups excluding tert-OH is 1. The fourth-order valence-corrected chi connectivity index (χ4v) is 3.73. The van der Waals surface area contributed by atoms with Crippen LogP contribution in [0.25, 0.3) is 0 Å². The van der Waals surface area contributed by atoms with Crippen LogP contribution in [0, 0.1) is 0 Å². The van der Waals surface area contributed by atoms with Crippen LogP contribution < -0.4 is 9.46 Å². The largest absolute Gasteiger partial charge is 0.493 e. The van der Waals surface area contributed by atoms with E-state index in [2.05, 4.69) is 4.72 Å². The third kappa shape index (κ3) is 4.10. The molecular formula is C17H19NO4S. The van der Waals surface area contributed by atoms with Gasteiger partial charge in [-0.25, -0.2) is 13.1 Å². The lowest BCUT2D eigenvalue weighted by molar-refractivity contribution is 0.182. The first-order chi connectivity index (χ1) is 11.0. The van der Waals surface area contributed by atoms with Gasteiger partial charge in [0.15, 0.2) is 0 Å². The third-order valence-electron chi connectivity index (χ3n) is 3.79. The van der Waals surface area contributed by atoms with E-state index in [9.17, 15) is 13.5 Å². The summed E-state index contributed by atoms with van der Waals surface area (Å²) in [5.74, 6) is 0.740. The summed E-state index contributed by atoms with van der Waals surface area (Å²) in [6.45, 7) is 0.605. The minimum atomic E-state index is -3.48. The molecule has 0 saturated heterocycles. The van der Waals surface area contributed by atoms with Crippen molar-refractivity contribution < 1.29 is 18.3 Å². The summed E-state index contributed by atoms with van der Waals surface area (Å²) in [5, 5.41) is 10.2. The summed E-state index contributed by atoms with van der Waals surface area (Å²) in [6.07, 6.45) is -0.0678.